The molecule has 0 bridgehead atoms. The predicted molar refractivity (Wildman–Crippen MR) is 81.7 cm³/mol. The topological polar surface area (TPSA) is 51.8 Å². The molecule has 3 heterocycles. The van der Waals surface area contributed by atoms with Gasteiger partial charge in [-0.1, -0.05) is 16.9 Å². The normalized spacial score (nSPS) is 11.1. The highest BCUT2D eigenvalue weighted by molar-refractivity contribution is 9.10. The Morgan fingerprint density at radius 1 is 1.32 bits per heavy atom. The minimum atomic E-state index is 0.623. The minimum absolute atomic E-state index is 0.623. The summed E-state index contributed by atoms with van der Waals surface area (Å²) in [6, 6.07) is 1.98. The molecule has 0 saturated heterocycles. The third-order valence-corrected chi connectivity index (χ3v) is 5.98. The van der Waals surface area contributed by atoms with Gasteiger partial charge in [0.25, 0.3) is 0 Å². The Hall–Kier alpha value is -0.700. The van der Waals surface area contributed by atoms with Crippen molar-refractivity contribution in [2.45, 2.75) is 17.0 Å². The van der Waals surface area contributed by atoms with E-state index in [0.29, 0.717) is 17.5 Å². The molecular weight excluding hydrogens is 366 g/mol. The Morgan fingerprint density at radius 3 is 2.89 bits per heavy atom. The summed E-state index contributed by atoms with van der Waals surface area (Å²) in [4.78, 5) is 9.76. The maximum Gasteiger partial charge on any atom is 0.237 e. The van der Waals surface area contributed by atoms with Crippen LogP contribution in [0.15, 0.2) is 30.2 Å². The zero-order valence-electron chi connectivity index (χ0n) is 9.79. The van der Waals surface area contributed by atoms with Gasteiger partial charge in [-0.3, -0.25) is 0 Å². The lowest BCUT2D eigenvalue weighted by atomic mass is 10.4. The van der Waals surface area contributed by atoms with E-state index in [0.717, 1.165) is 19.4 Å². The third-order valence-electron chi connectivity index (χ3n) is 2.17. The lowest BCUT2D eigenvalue weighted by molar-refractivity contribution is 0.392. The molecule has 0 amide bonds. The quantitative estimate of drug-likeness (QED) is 0.624. The molecule has 0 aliphatic heterocycles. The standard InChI is InChI=1S/C11H8BrN3OS3/c1-6-3-18-11(13-6)19-5-9-14-10(15-16-9)8-2-7(12)4-17-8/h2-4H,5H2,1H3. The van der Waals surface area contributed by atoms with Crippen molar-refractivity contribution in [2.24, 2.45) is 0 Å². The van der Waals surface area contributed by atoms with Gasteiger partial charge in [-0.15, -0.1) is 22.7 Å². The van der Waals surface area contributed by atoms with E-state index < -0.39 is 0 Å². The Morgan fingerprint density at radius 2 is 2.21 bits per heavy atom. The van der Waals surface area contributed by atoms with Crippen molar-refractivity contribution in [3.8, 4) is 10.7 Å². The van der Waals surface area contributed by atoms with Crippen LogP contribution in [0.3, 0.4) is 0 Å². The van der Waals surface area contributed by atoms with Crippen LogP contribution in [0.1, 0.15) is 11.6 Å². The van der Waals surface area contributed by atoms with Crippen LogP contribution in [0.25, 0.3) is 10.7 Å². The van der Waals surface area contributed by atoms with Crippen molar-refractivity contribution in [3.63, 3.8) is 0 Å². The van der Waals surface area contributed by atoms with Crippen LogP contribution in [0, 0.1) is 6.92 Å². The highest BCUT2D eigenvalue weighted by Gasteiger charge is 2.11. The summed E-state index contributed by atoms with van der Waals surface area (Å²) in [7, 11) is 0. The van der Waals surface area contributed by atoms with E-state index in [4.69, 9.17) is 4.52 Å². The number of hydrogen-bond donors (Lipinski definition) is 0. The van der Waals surface area contributed by atoms with Gasteiger partial charge in [0.2, 0.25) is 11.7 Å². The Bertz CT molecular complexity index is 691. The van der Waals surface area contributed by atoms with Crippen molar-refractivity contribution >= 4 is 50.4 Å². The summed E-state index contributed by atoms with van der Waals surface area (Å²) in [6.07, 6.45) is 0. The summed E-state index contributed by atoms with van der Waals surface area (Å²) in [5.41, 5.74) is 1.04. The van der Waals surface area contributed by atoms with Crippen molar-refractivity contribution < 1.29 is 4.52 Å². The summed E-state index contributed by atoms with van der Waals surface area (Å²) in [5, 5.41) is 8.02. The van der Waals surface area contributed by atoms with Crippen molar-refractivity contribution in [3.05, 3.63) is 32.9 Å². The van der Waals surface area contributed by atoms with Crippen LogP contribution in [0.4, 0.5) is 0 Å². The molecule has 3 aromatic heterocycles. The van der Waals surface area contributed by atoms with Crippen LogP contribution in [0.5, 0.6) is 0 Å². The van der Waals surface area contributed by atoms with E-state index in [2.05, 4.69) is 31.1 Å². The molecule has 8 heteroatoms. The maximum atomic E-state index is 5.24. The van der Waals surface area contributed by atoms with Gasteiger partial charge in [-0.25, -0.2) is 4.98 Å². The fourth-order valence-electron chi connectivity index (χ4n) is 1.37. The Kier molecular flexibility index (Phi) is 4.01. The fourth-order valence-corrected chi connectivity index (χ4v) is 4.40. The smallest absolute Gasteiger partial charge is 0.237 e. The molecule has 4 nitrogen and oxygen atoms in total. The van der Waals surface area contributed by atoms with Crippen molar-refractivity contribution in [2.75, 3.05) is 0 Å². The molecule has 0 atom stereocenters. The number of nitrogens with zero attached hydrogens (tertiary/aromatic N) is 3. The molecule has 3 rings (SSSR count). The number of thiazole rings is 1. The van der Waals surface area contributed by atoms with Crippen LogP contribution >= 0.6 is 50.4 Å². The number of aryl methyl sites for hydroxylation is 1. The van der Waals surface area contributed by atoms with Crippen LogP contribution < -0.4 is 0 Å². The third kappa shape index (κ3) is 3.25. The monoisotopic (exact) mass is 373 g/mol. The average molecular weight is 374 g/mol. The van der Waals surface area contributed by atoms with E-state index in [1.807, 2.05) is 23.8 Å². The summed E-state index contributed by atoms with van der Waals surface area (Å²) >= 11 is 8.24. The van der Waals surface area contributed by atoms with E-state index in [-0.39, 0.29) is 0 Å². The zero-order valence-corrected chi connectivity index (χ0v) is 13.8. The molecule has 0 N–H and O–H groups in total. The second kappa shape index (κ2) is 5.74. The summed E-state index contributed by atoms with van der Waals surface area (Å²) in [5.74, 6) is 1.91. The molecule has 0 aliphatic rings. The first-order valence-electron chi connectivity index (χ1n) is 5.32. The molecule has 0 spiro atoms. The van der Waals surface area contributed by atoms with Crippen molar-refractivity contribution in [1.82, 2.24) is 15.1 Å². The number of halogens is 1. The first kappa shape index (κ1) is 13.3. The molecule has 19 heavy (non-hydrogen) atoms. The molecule has 3 aromatic rings. The van der Waals surface area contributed by atoms with Gasteiger partial charge in [0.15, 0.2) is 4.34 Å². The fraction of sp³-hybridized carbons (Fsp3) is 0.182. The van der Waals surface area contributed by atoms with Crippen molar-refractivity contribution in [1.29, 1.82) is 0 Å². The molecule has 98 valence electrons. The van der Waals surface area contributed by atoms with Gasteiger partial charge in [0.05, 0.1) is 10.6 Å². The van der Waals surface area contributed by atoms with E-state index in [9.17, 15) is 0 Å². The second-order valence-corrected chi connectivity index (χ2v) is 7.59. The molecule has 0 saturated carbocycles. The van der Waals surface area contributed by atoms with Crippen LogP contribution in [-0.2, 0) is 5.75 Å². The highest BCUT2D eigenvalue weighted by Crippen LogP contribution is 2.29. The number of aromatic nitrogens is 3. The van der Waals surface area contributed by atoms with E-state index >= 15 is 0 Å². The second-order valence-electron chi connectivity index (χ2n) is 3.68. The molecule has 0 fully saturated rings. The van der Waals surface area contributed by atoms with Gasteiger partial charge in [-0.2, -0.15) is 4.98 Å². The zero-order chi connectivity index (χ0) is 13.2. The largest absolute Gasteiger partial charge is 0.338 e. The maximum absolute atomic E-state index is 5.24. The van der Waals surface area contributed by atoms with Gasteiger partial charge in [-0.05, 0) is 28.9 Å². The number of thioether (sulfide) groups is 1. The van der Waals surface area contributed by atoms with Gasteiger partial charge >= 0.3 is 0 Å². The first-order valence-corrected chi connectivity index (χ1v) is 8.86. The number of hydrogen-bond acceptors (Lipinski definition) is 7. The van der Waals surface area contributed by atoms with Gasteiger partial charge < -0.3 is 4.52 Å². The highest BCUT2D eigenvalue weighted by atomic mass is 79.9. The van der Waals surface area contributed by atoms with E-state index in [1.54, 1.807) is 34.4 Å². The summed E-state index contributed by atoms with van der Waals surface area (Å²) < 4.78 is 7.30. The minimum Gasteiger partial charge on any atom is -0.338 e. The van der Waals surface area contributed by atoms with Crippen LogP contribution in [0.2, 0.25) is 0 Å². The first-order chi connectivity index (χ1) is 9.20. The van der Waals surface area contributed by atoms with Gasteiger partial charge in [0.1, 0.15) is 0 Å². The lowest BCUT2D eigenvalue weighted by Gasteiger charge is -1.90. The average Bonchev–Trinajstić information content (AvgIpc) is 3.07. The van der Waals surface area contributed by atoms with Gasteiger partial charge in [0, 0.05) is 20.9 Å². The van der Waals surface area contributed by atoms with Crippen LogP contribution in [-0.4, -0.2) is 15.1 Å². The Labute approximate surface area is 130 Å². The number of thiophene rings is 1. The predicted octanol–water partition coefficient (Wildman–Crippen LogP) is 4.62. The molecule has 0 aliphatic carbocycles. The SMILES string of the molecule is Cc1csc(SCc2nc(-c3cc(Br)cs3)no2)n1. The Balaban J connectivity index is 1.68. The number of rotatable bonds is 4. The molecule has 0 aromatic carbocycles. The molecule has 0 radical (unpaired) electrons. The summed E-state index contributed by atoms with van der Waals surface area (Å²) in [6.45, 7) is 1.99. The molecular formula is C11H8BrN3OS3. The molecule has 0 unspecified atom stereocenters. The lowest BCUT2D eigenvalue weighted by Crippen LogP contribution is -1.81. The van der Waals surface area contributed by atoms with E-state index in [1.165, 1.54) is 0 Å².